The van der Waals surface area contributed by atoms with Crippen LogP contribution < -0.4 is 0 Å². The van der Waals surface area contributed by atoms with Crippen LogP contribution in [0.3, 0.4) is 0 Å². The van der Waals surface area contributed by atoms with Gasteiger partial charge >= 0.3 is 6.09 Å². The highest BCUT2D eigenvalue weighted by Gasteiger charge is 2.32. The van der Waals surface area contributed by atoms with E-state index >= 15 is 0 Å². The fourth-order valence-corrected chi connectivity index (χ4v) is 2.53. The number of rotatable bonds is 1. The van der Waals surface area contributed by atoms with E-state index in [1.165, 1.54) is 11.1 Å². The van der Waals surface area contributed by atoms with Crippen molar-refractivity contribution < 1.29 is 9.53 Å². The second-order valence-corrected chi connectivity index (χ2v) is 6.25. The average molecular weight is 261 g/mol. The van der Waals surface area contributed by atoms with E-state index in [4.69, 9.17) is 4.74 Å². The summed E-state index contributed by atoms with van der Waals surface area (Å²) in [4.78, 5) is 14.1. The molecule has 1 aromatic carbocycles. The Morgan fingerprint density at radius 2 is 2.11 bits per heavy atom. The van der Waals surface area contributed by atoms with Gasteiger partial charge in [-0.3, -0.25) is 0 Å². The molecular weight excluding hydrogens is 238 g/mol. The highest BCUT2D eigenvalue weighted by molar-refractivity contribution is 5.69. The Bertz CT molecular complexity index is 462. The minimum atomic E-state index is -0.434. The Labute approximate surface area is 115 Å². The lowest BCUT2D eigenvalue weighted by molar-refractivity contribution is 0.0224. The van der Waals surface area contributed by atoms with Gasteiger partial charge in [-0.2, -0.15) is 0 Å². The van der Waals surface area contributed by atoms with Crippen LogP contribution in [0.4, 0.5) is 4.79 Å². The topological polar surface area (TPSA) is 29.5 Å². The van der Waals surface area contributed by atoms with Gasteiger partial charge in [0.05, 0.1) is 6.04 Å². The van der Waals surface area contributed by atoms with Crippen molar-refractivity contribution in [2.24, 2.45) is 0 Å². The molecule has 0 radical (unpaired) electrons. The molecule has 1 aliphatic rings. The van der Waals surface area contributed by atoms with Crippen molar-refractivity contribution in [3.05, 3.63) is 35.4 Å². The van der Waals surface area contributed by atoms with E-state index in [1.54, 1.807) is 0 Å². The smallest absolute Gasteiger partial charge is 0.410 e. The van der Waals surface area contributed by atoms with Gasteiger partial charge in [0.15, 0.2) is 0 Å². The molecule has 1 fully saturated rings. The van der Waals surface area contributed by atoms with Crippen LogP contribution in [0.25, 0.3) is 0 Å². The predicted molar refractivity (Wildman–Crippen MR) is 76.1 cm³/mol. The van der Waals surface area contributed by atoms with Gasteiger partial charge in [0.1, 0.15) is 5.60 Å². The second-order valence-electron chi connectivity index (χ2n) is 6.25. The van der Waals surface area contributed by atoms with Crippen LogP contribution in [0, 0.1) is 6.92 Å². The summed E-state index contributed by atoms with van der Waals surface area (Å²) in [5.74, 6) is 0. The van der Waals surface area contributed by atoms with Crippen molar-refractivity contribution in [1.29, 1.82) is 0 Å². The number of nitrogens with zero attached hydrogens (tertiary/aromatic N) is 1. The van der Waals surface area contributed by atoms with Crippen molar-refractivity contribution in [2.45, 2.75) is 52.2 Å². The first kappa shape index (κ1) is 13.9. The van der Waals surface area contributed by atoms with Gasteiger partial charge in [0.2, 0.25) is 0 Å². The molecule has 0 N–H and O–H groups in total. The highest BCUT2D eigenvalue weighted by Crippen LogP contribution is 2.33. The zero-order chi connectivity index (χ0) is 14.0. The van der Waals surface area contributed by atoms with Crippen molar-refractivity contribution in [2.75, 3.05) is 6.54 Å². The summed E-state index contributed by atoms with van der Waals surface area (Å²) in [6.45, 7) is 8.58. The Morgan fingerprint density at radius 1 is 1.37 bits per heavy atom. The number of hydrogen-bond acceptors (Lipinski definition) is 2. The zero-order valence-electron chi connectivity index (χ0n) is 12.3. The Balaban J connectivity index is 2.15. The third-order valence-electron chi connectivity index (χ3n) is 3.31. The van der Waals surface area contributed by atoms with Crippen molar-refractivity contribution in [1.82, 2.24) is 4.90 Å². The molecule has 0 bridgehead atoms. The Hall–Kier alpha value is -1.51. The lowest BCUT2D eigenvalue weighted by Crippen LogP contribution is -2.36. The first-order valence-corrected chi connectivity index (χ1v) is 6.93. The van der Waals surface area contributed by atoms with Gasteiger partial charge in [-0.25, -0.2) is 4.79 Å². The first-order valence-electron chi connectivity index (χ1n) is 6.93. The molecule has 0 aromatic heterocycles. The summed E-state index contributed by atoms with van der Waals surface area (Å²) in [7, 11) is 0. The number of carbonyl (C=O) groups excluding carboxylic acids is 1. The van der Waals surface area contributed by atoms with Crippen molar-refractivity contribution in [3.63, 3.8) is 0 Å². The van der Waals surface area contributed by atoms with E-state index < -0.39 is 5.60 Å². The minimum absolute atomic E-state index is 0.162. The fourth-order valence-electron chi connectivity index (χ4n) is 2.53. The van der Waals surface area contributed by atoms with Crippen LogP contribution in [-0.2, 0) is 4.74 Å². The van der Waals surface area contributed by atoms with E-state index in [-0.39, 0.29) is 12.1 Å². The maximum Gasteiger partial charge on any atom is 0.410 e. The predicted octanol–water partition coefficient (Wildman–Crippen LogP) is 4.07. The lowest BCUT2D eigenvalue weighted by Gasteiger charge is -2.29. The van der Waals surface area contributed by atoms with Gasteiger partial charge in [-0.05, 0) is 46.1 Å². The molecule has 1 amide bonds. The van der Waals surface area contributed by atoms with E-state index in [0.717, 1.165) is 19.4 Å². The molecule has 3 nitrogen and oxygen atoms in total. The molecule has 0 saturated carbocycles. The fraction of sp³-hybridized carbons (Fsp3) is 0.562. The molecule has 1 saturated heterocycles. The lowest BCUT2D eigenvalue weighted by atomic mass is 10.0. The second kappa shape index (κ2) is 5.24. The van der Waals surface area contributed by atoms with Crippen LogP contribution in [0.15, 0.2) is 24.3 Å². The van der Waals surface area contributed by atoms with Gasteiger partial charge in [-0.1, -0.05) is 29.8 Å². The molecule has 1 aliphatic heterocycles. The van der Waals surface area contributed by atoms with Gasteiger partial charge in [0, 0.05) is 6.54 Å². The quantitative estimate of drug-likeness (QED) is 0.762. The monoisotopic (exact) mass is 261 g/mol. The molecule has 19 heavy (non-hydrogen) atoms. The molecule has 3 heteroatoms. The van der Waals surface area contributed by atoms with Crippen LogP contribution in [0.1, 0.15) is 50.8 Å². The van der Waals surface area contributed by atoms with Gasteiger partial charge < -0.3 is 9.64 Å². The van der Waals surface area contributed by atoms with Crippen molar-refractivity contribution in [3.8, 4) is 0 Å². The third-order valence-corrected chi connectivity index (χ3v) is 3.31. The van der Waals surface area contributed by atoms with E-state index in [0.29, 0.717) is 0 Å². The van der Waals surface area contributed by atoms with Crippen LogP contribution in [0.2, 0.25) is 0 Å². The van der Waals surface area contributed by atoms with Crippen LogP contribution in [-0.4, -0.2) is 23.1 Å². The summed E-state index contributed by atoms with van der Waals surface area (Å²) in [5.41, 5.74) is 2.01. The maximum absolute atomic E-state index is 12.2. The SMILES string of the molecule is Cc1cccc([C@H]2CCCN2C(=O)OC(C)(C)C)c1. The standard InChI is InChI=1S/C16H23NO2/c1-12-7-5-8-13(11-12)14-9-6-10-17(14)15(18)19-16(2,3)4/h5,7-8,11,14H,6,9-10H2,1-4H3/t14-/m1/s1. The van der Waals surface area contributed by atoms with E-state index in [1.807, 2.05) is 25.7 Å². The number of carbonyl (C=O) groups is 1. The number of hydrogen-bond donors (Lipinski definition) is 0. The number of ether oxygens (including phenoxy) is 1. The summed E-state index contributed by atoms with van der Waals surface area (Å²) >= 11 is 0. The first-order chi connectivity index (χ1) is 8.87. The number of amides is 1. The summed E-state index contributed by atoms with van der Waals surface area (Å²) in [6.07, 6.45) is 1.86. The molecule has 1 heterocycles. The van der Waals surface area contributed by atoms with Gasteiger partial charge in [-0.15, -0.1) is 0 Å². The average Bonchev–Trinajstić information content (AvgIpc) is 2.75. The highest BCUT2D eigenvalue weighted by atomic mass is 16.6. The Kier molecular flexibility index (Phi) is 3.83. The summed E-state index contributed by atoms with van der Waals surface area (Å²) in [6, 6.07) is 8.55. The molecule has 104 valence electrons. The minimum Gasteiger partial charge on any atom is -0.444 e. The van der Waals surface area contributed by atoms with Crippen LogP contribution >= 0.6 is 0 Å². The summed E-state index contributed by atoms with van der Waals surface area (Å²) < 4.78 is 5.49. The van der Waals surface area contributed by atoms with Crippen LogP contribution in [0.5, 0.6) is 0 Å². The van der Waals surface area contributed by atoms with Gasteiger partial charge in [0.25, 0.3) is 0 Å². The molecule has 0 unspecified atom stereocenters. The third kappa shape index (κ3) is 3.49. The van der Waals surface area contributed by atoms with Crippen molar-refractivity contribution >= 4 is 6.09 Å². The largest absolute Gasteiger partial charge is 0.444 e. The maximum atomic E-state index is 12.2. The number of benzene rings is 1. The molecule has 1 atom stereocenters. The van der Waals surface area contributed by atoms with E-state index in [9.17, 15) is 4.79 Å². The molecule has 0 spiro atoms. The summed E-state index contributed by atoms with van der Waals surface area (Å²) in [5, 5.41) is 0. The molecule has 0 aliphatic carbocycles. The Morgan fingerprint density at radius 3 is 2.74 bits per heavy atom. The number of aryl methyl sites for hydroxylation is 1. The normalized spacial score (nSPS) is 19.6. The number of likely N-dealkylation sites (tertiary alicyclic amines) is 1. The molecular formula is C16H23NO2. The molecule has 2 rings (SSSR count). The molecule has 1 aromatic rings. The zero-order valence-corrected chi connectivity index (χ0v) is 12.3. The van der Waals surface area contributed by atoms with E-state index in [2.05, 4.69) is 31.2 Å².